The molecule has 0 aliphatic rings. The number of nitrogens with one attached hydrogen (secondary N) is 1. The molecule has 0 aliphatic carbocycles. The number of aryl methyl sites for hydroxylation is 1. The number of amides is 1. The molecule has 0 atom stereocenters. The summed E-state index contributed by atoms with van der Waals surface area (Å²) in [5, 5.41) is 16.6. The minimum atomic E-state index is -0.306. The first-order chi connectivity index (χ1) is 16.6. The monoisotopic (exact) mass is 471 g/mol. The van der Waals surface area contributed by atoms with Crippen LogP contribution in [0.2, 0.25) is 0 Å². The van der Waals surface area contributed by atoms with Crippen molar-refractivity contribution in [1.82, 2.24) is 19.8 Å². The number of nitrogens with zero attached hydrogens (tertiary/aromatic N) is 4. The topological polar surface area (TPSA) is 94.6 Å². The number of hydrogen-bond donors (Lipinski definition) is 1. The maximum absolute atomic E-state index is 12.6. The molecule has 0 bridgehead atoms. The highest BCUT2D eigenvalue weighted by molar-refractivity contribution is 7.19. The van der Waals surface area contributed by atoms with Crippen molar-refractivity contribution in [3.05, 3.63) is 78.3 Å². The fraction of sp³-hybridized carbons (Fsp3) is 0.120. The molecule has 0 saturated carbocycles. The van der Waals surface area contributed by atoms with E-state index in [0.717, 1.165) is 39.1 Å². The first-order valence-corrected chi connectivity index (χ1v) is 11.5. The Bertz CT molecular complexity index is 1480. The van der Waals surface area contributed by atoms with Crippen molar-refractivity contribution in [1.29, 1.82) is 0 Å². The van der Waals surface area contributed by atoms with Gasteiger partial charge in [0.2, 0.25) is 10.9 Å². The van der Waals surface area contributed by atoms with Gasteiger partial charge in [-0.3, -0.25) is 4.79 Å². The van der Waals surface area contributed by atoms with Gasteiger partial charge >= 0.3 is 0 Å². The zero-order valence-electron chi connectivity index (χ0n) is 18.6. The fourth-order valence-electron chi connectivity index (χ4n) is 3.47. The molecule has 1 amide bonds. The van der Waals surface area contributed by atoms with Gasteiger partial charge in [-0.25, -0.2) is 0 Å². The zero-order valence-corrected chi connectivity index (χ0v) is 19.4. The summed E-state index contributed by atoms with van der Waals surface area (Å²) < 4.78 is 13.0. The summed E-state index contributed by atoms with van der Waals surface area (Å²) in [5.41, 5.74) is 2.36. The number of fused-ring (bicyclic) bond motifs is 1. The summed E-state index contributed by atoms with van der Waals surface area (Å²) in [7, 11) is 1.56. The van der Waals surface area contributed by atoms with Crippen molar-refractivity contribution < 1.29 is 13.9 Å². The molecular formula is C25H21N5O3S. The summed E-state index contributed by atoms with van der Waals surface area (Å²) in [5.74, 6) is 2.37. The van der Waals surface area contributed by atoms with E-state index in [4.69, 9.17) is 9.15 Å². The molecule has 3 heterocycles. The highest BCUT2D eigenvalue weighted by atomic mass is 32.1. The first kappa shape index (κ1) is 21.6. The molecule has 170 valence electrons. The molecule has 9 heteroatoms. The van der Waals surface area contributed by atoms with E-state index < -0.39 is 0 Å². The Hall–Kier alpha value is -4.24. The van der Waals surface area contributed by atoms with E-state index in [-0.39, 0.29) is 5.91 Å². The molecule has 0 unspecified atom stereocenters. The first-order valence-electron chi connectivity index (χ1n) is 10.7. The van der Waals surface area contributed by atoms with Crippen LogP contribution >= 0.6 is 11.3 Å². The van der Waals surface area contributed by atoms with Gasteiger partial charge in [0.25, 0.3) is 0 Å². The van der Waals surface area contributed by atoms with Gasteiger partial charge in [0, 0.05) is 23.6 Å². The highest BCUT2D eigenvalue weighted by Crippen LogP contribution is 2.33. The normalized spacial score (nSPS) is 11.4. The van der Waals surface area contributed by atoms with Crippen LogP contribution in [-0.2, 0) is 11.2 Å². The molecule has 0 aliphatic heterocycles. The minimum Gasteiger partial charge on any atom is -0.495 e. The predicted molar refractivity (Wildman–Crippen MR) is 132 cm³/mol. The SMILES string of the molecule is CCc1nnc2sc(-c3ccc(OC)c(NC(=O)/C=C/c4ccc(-c5ccccc5)o4)c3)nn12. The van der Waals surface area contributed by atoms with E-state index in [1.165, 1.54) is 17.4 Å². The average molecular weight is 472 g/mol. The lowest BCUT2D eigenvalue weighted by Crippen LogP contribution is -2.09. The summed E-state index contributed by atoms with van der Waals surface area (Å²) in [4.78, 5) is 13.4. The number of ether oxygens (including phenoxy) is 1. The van der Waals surface area contributed by atoms with Crippen LogP contribution in [0.3, 0.4) is 0 Å². The molecule has 8 nitrogen and oxygen atoms in total. The molecule has 1 N–H and O–H groups in total. The van der Waals surface area contributed by atoms with E-state index in [0.29, 0.717) is 17.2 Å². The summed E-state index contributed by atoms with van der Waals surface area (Å²) in [6.07, 6.45) is 3.80. The summed E-state index contributed by atoms with van der Waals surface area (Å²) in [6.45, 7) is 2.01. The molecule has 5 aromatic rings. The number of benzene rings is 2. The van der Waals surface area contributed by atoms with E-state index in [9.17, 15) is 4.79 Å². The van der Waals surface area contributed by atoms with Crippen LogP contribution < -0.4 is 10.1 Å². The number of anilines is 1. The Kier molecular flexibility index (Phi) is 5.92. The number of methoxy groups -OCH3 is 1. The van der Waals surface area contributed by atoms with E-state index in [2.05, 4.69) is 20.6 Å². The number of rotatable bonds is 7. The number of aromatic nitrogens is 4. The fourth-order valence-corrected chi connectivity index (χ4v) is 4.32. The lowest BCUT2D eigenvalue weighted by atomic mass is 10.2. The van der Waals surface area contributed by atoms with Crippen LogP contribution in [0.15, 0.2) is 71.2 Å². The van der Waals surface area contributed by atoms with E-state index >= 15 is 0 Å². The van der Waals surface area contributed by atoms with Gasteiger partial charge in [0.15, 0.2) is 5.82 Å². The molecule has 0 radical (unpaired) electrons. The standard InChI is InChI=1S/C25H21N5O3S/c1-3-22-27-28-25-30(22)29-24(34-25)17-9-12-21(32-2)19(15-17)26-23(31)14-11-18-10-13-20(33-18)16-7-5-4-6-8-16/h4-15H,3H2,1-2H3,(H,26,31)/b14-11+. The quantitative estimate of drug-likeness (QED) is 0.322. The van der Waals surface area contributed by atoms with Crippen molar-refractivity contribution in [2.24, 2.45) is 0 Å². The van der Waals surface area contributed by atoms with Gasteiger partial charge in [-0.2, -0.15) is 9.61 Å². The number of carbonyl (C=O) groups is 1. The Morgan fingerprint density at radius 1 is 1.12 bits per heavy atom. The van der Waals surface area contributed by atoms with Crippen LogP contribution in [-0.4, -0.2) is 32.8 Å². The van der Waals surface area contributed by atoms with Gasteiger partial charge in [-0.1, -0.05) is 48.6 Å². The molecular weight excluding hydrogens is 450 g/mol. The maximum Gasteiger partial charge on any atom is 0.248 e. The van der Waals surface area contributed by atoms with Crippen LogP contribution in [0.4, 0.5) is 5.69 Å². The van der Waals surface area contributed by atoms with Gasteiger partial charge < -0.3 is 14.5 Å². The maximum atomic E-state index is 12.6. The van der Waals surface area contributed by atoms with Gasteiger partial charge in [0.1, 0.15) is 22.3 Å². The van der Waals surface area contributed by atoms with Crippen molar-refractivity contribution in [3.63, 3.8) is 0 Å². The van der Waals surface area contributed by atoms with Crippen molar-refractivity contribution >= 4 is 34.0 Å². The number of carbonyl (C=O) groups excluding carboxylic acids is 1. The Morgan fingerprint density at radius 2 is 1.97 bits per heavy atom. The van der Waals surface area contributed by atoms with Crippen LogP contribution in [0.1, 0.15) is 18.5 Å². The second kappa shape index (κ2) is 9.32. The van der Waals surface area contributed by atoms with Gasteiger partial charge in [0.05, 0.1) is 12.8 Å². The molecule has 0 spiro atoms. The lowest BCUT2D eigenvalue weighted by Gasteiger charge is -2.10. The lowest BCUT2D eigenvalue weighted by molar-refractivity contribution is -0.111. The third kappa shape index (κ3) is 4.33. The van der Waals surface area contributed by atoms with Crippen LogP contribution in [0.5, 0.6) is 5.75 Å². The summed E-state index contributed by atoms with van der Waals surface area (Å²) in [6, 6.07) is 19.0. The van der Waals surface area contributed by atoms with Gasteiger partial charge in [-0.05, 0) is 36.4 Å². The molecule has 5 rings (SSSR count). The Morgan fingerprint density at radius 3 is 2.76 bits per heavy atom. The van der Waals surface area contributed by atoms with Crippen molar-refractivity contribution in [3.8, 4) is 27.6 Å². The van der Waals surface area contributed by atoms with Gasteiger partial charge in [-0.15, -0.1) is 10.2 Å². The van der Waals surface area contributed by atoms with Crippen molar-refractivity contribution in [2.75, 3.05) is 12.4 Å². The average Bonchev–Trinajstić information content (AvgIpc) is 3.59. The molecule has 2 aromatic carbocycles. The predicted octanol–water partition coefficient (Wildman–Crippen LogP) is 5.34. The summed E-state index contributed by atoms with van der Waals surface area (Å²) >= 11 is 1.43. The zero-order chi connectivity index (χ0) is 23.5. The molecule has 0 saturated heterocycles. The molecule has 34 heavy (non-hydrogen) atoms. The highest BCUT2D eigenvalue weighted by Gasteiger charge is 2.14. The van der Waals surface area contributed by atoms with E-state index in [1.54, 1.807) is 23.8 Å². The third-order valence-corrected chi connectivity index (χ3v) is 6.11. The molecule has 0 fully saturated rings. The third-order valence-electron chi connectivity index (χ3n) is 5.16. The van der Waals surface area contributed by atoms with Crippen molar-refractivity contribution in [2.45, 2.75) is 13.3 Å². The smallest absolute Gasteiger partial charge is 0.248 e. The largest absolute Gasteiger partial charge is 0.495 e. The molecule has 3 aromatic heterocycles. The minimum absolute atomic E-state index is 0.306. The number of furan rings is 1. The Balaban J connectivity index is 1.34. The Labute approximate surface area is 199 Å². The number of hydrogen-bond acceptors (Lipinski definition) is 7. The second-order valence-corrected chi connectivity index (χ2v) is 8.33. The van der Waals surface area contributed by atoms with Crippen LogP contribution in [0.25, 0.3) is 32.9 Å². The van der Waals surface area contributed by atoms with E-state index in [1.807, 2.05) is 61.5 Å². The van der Waals surface area contributed by atoms with Crippen LogP contribution in [0, 0.1) is 0 Å². The second-order valence-electron chi connectivity index (χ2n) is 7.38.